The molecule has 0 aliphatic carbocycles. The Morgan fingerprint density at radius 2 is 2.27 bits per heavy atom. The molecule has 2 aromatic rings. The Hall–Kier alpha value is -1.22. The maximum Gasteiger partial charge on any atom is 0.0959 e. The lowest BCUT2D eigenvalue weighted by atomic mass is 10.3. The highest BCUT2D eigenvalue weighted by Crippen LogP contribution is 2.20. The van der Waals surface area contributed by atoms with Gasteiger partial charge in [0.25, 0.3) is 0 Å². The summed E-state index contributed by atoms with van der Waals surface area (Å²) in [4.78, 5) is 1.26. The lowest BCUT2D eigenvalue weighted by Gasteiger charge is -1.87. The summed E-state index contributed by atoms with van der Waals surface area (Å²) >= 11 is 5.86. The molecular weight excluding hydrogens is 162 g/mol. The first kappa shape index (κ1) is 6.49. The van der Waals surface area contributed by atoms with Crippen LogP contribution in [0.1, 0.15) is 0 Å². The van der Waals surface area contributed by atoms with Gasteiger partial charge in [-0.2, -0.15) is 9.89 Å². The molecule has 0 spiro atoms. The van der Waals surface area contributed by atoms with Crippen molar-refractivity contribution in [3.05, 3.63) is 29.4 Å². The quantitative estimate of drug-likeness (QED) is 0.603. The van der Waals surface area contributed by atoms with E-state index in [0.29, 0.717) is 5.02 Å². The first-order chi connectivity index (χ1) is 5.27. The van der Waals surface area contributed by atoms with Gasteiger partial charge >= 0.3 is 0 Å². The largest absolute Gasteiger partial charge is 0.323 e. The molecule has 11 heavy (non-hydrogen) atoms. The van der Waals surface area contributed by atoms with E-state index in [4.69, 9.17) is 17.4 Å². The maximum atomic E-state index is 5.86. The van der Waals surface area contributed by atoms with Crippen LogP contribution in [0, 0.1) is 0 Å². The average molecular weight is 168 g/mol. The number of benzene rings is 1. The van der Waals surface area contributed by atoms with E-state index < -0.39 is 0 Å². The summed E-state index contributed by atoms with van der Waals surface area (Å²) in [6.07, 6.45) is 1.69. The summed E-state index contributed by atoms with van der Waals surface area (Å²) in [5.41, 5.74) is 0.819. The van der Waals surface area contributed by atoms with Gasteiger partial charge in [0.2, 0.25) is 0 Å². The molecule has 0 unspecified atom stereocenters. The van der Waals surface area contributed by atoms with Crippen molar-refractivity contribution in [3.63, 3.8) is 0 Å². The first-order valence-electron chi connectivity index (χ1n) is 3.16. The maximum absolute atomic E-state index is 5.86. The molecule has 0 bridgehead atoms. The van der Waals surface area contributed by atoms with Gasteiger partial charge in [0.15, 0.2) is 0 Å². The van der Waals surface area contributed by atoms with Crippen molar-refractivity contribution >= 4 is 22.5 Å². The monoisotopic (exact) mass is 167 g/mol. The second kappa shape index (κ2) is 2.13. The van der Waals surface area contributed by atoms with Crippen molar-refractivity contribution in [1.29, 1.82) is 0 Å². The van der Waals surface area contributed by atoms with Gasteiger partial charge in [-0.05, 0) is 12.1 Å². The highest BCUT2D eigenvalue weighted by molar-refractivity contribution is 6.35. The number of aromatic nitrogens is 2. The summed E-state index contributed by atoms with van der Waals surface area (Å²) < 4.78 is 0. The van der Waals surface area contributed by atoms with Gasteiger partial charge in [0.05, 0.1) is 16.7 Å². The van der Waals surface area contributed by atoms with Crippen molar-refractivity contribution in [2.24, 2.45) is 0 Å². The van der Waals surface area contributed by atoms with E-state index in [2.05, 4.69) is 5.10 Å². The Balaban J connectivity index is 2.90. The van der Waals surface area contributed by atoms with Crippen LogP contribution in [-0.4, -0.2) is 9.89 Å². The zero-order valence-electron chi connectivity index (χ0n) is 5.66. The Kier molecular flexibility index (Phi) is 1.26. The van der Waals surface area contributed by atoms with Gasteiger partial charge in [-0.3, -0.25) is 0 Å². The molecule has 0 fully saturated rings. The molecule has 4 heteroatoms. The van der Waals surface area contributed by atoms with Crippen LogP contribution < -0.4 is 5.84 Å². The van der Waals surface area contributed by atoms with Gasteiger partial charge in [-0.25, -0.2) is 0 Å². The van der Waals surface area contributed by atoms with Gasteiger partial charge in [0, 0.05) is 5.39 Å². The number of fused-ring (bicyclic) bond motifs is 1. The lowest BCUT2D eigenvalue weighted by Crippen LogP contribution is -2.07. The number of hydrogen-bond acceptors (Lipinski definition) is 2. The topological polar surface area (TPSA) is 43.8 Å². The SMILES string of the molecule is Nn1cc2c(Cl)cccc2n1. The van der Waals surface area contributed by atoms with E-state index >= 15 is 0 Å². The minimum atomic E-state index is 0.680. The van der Waals surface area contributed by atoms with Crippen molar-refractivity contribution in [3.8, 4) is 0 Å². The number of nitrogen functional groups attached to an aromatic ring is 1. The fraction of sp³-hybridized carbons (Fsp3) is 0. The van der Waals surface area contributed by atoms with Gasteiger partial charge < -0.3 is 5.84 Å². The molecule has 0 radical (unpaired) electrons. The molecule has 2 rings (SSSR count). The summed E-state index contributed by atoms with van der Waals surface area (Å²) in [5, 5.41) is 5.55. The van der Waals surface area contributed by atoms with Crippen molar-refractivity contribution in [2.75, 3.05) is 5.84 Å². The van der Waals surface area contributed by atoms with E-state index in [-0.39, 0.29) is 0 Å². The van der Waals surface area contributed by atoms with Crippen LogP contribution >= 0.6 is 11.6 Å². The molecule has 0 saturated carbocycles. The Bertz CT molecular complexity index is 393. The minimum Gasteiger partial charge on any atom is -0.323 e. The summed E-state index contributed by atoms with van der Waals surface area (Å²) in [7, 11) is 0. The standard InChI is InChI=1S/C7H6ClN3/c8-6-2-1-3-7-5(6)4-11(9)10-7/h1-4H,9H2. The zero-order chi connectivity index (χ0) is 7.84. The van der Waals surface area contributed by atoms with Crippen molar-refractivity contribution in [1.82, 2.24) is 9.89 Å². The van der Waals surface area contributed by atoms with E-state index in [1.807, 2.05) is 18.2 Å². The van der Waals surface area contributed by atoms with Gasteiger partial charge in [0.1, 0.15) is 0 Å². The summed E-state index contributed by atoms with van der Waals surface area (Å²) in [6.45, 7) is 0. The third kappa shape index (κ3) is 0.935. The normalized spacial score (nSPS) is 10.6. The van der Waals surface area contributed by atoms with Crippen LogP contribution in [-0.2, 0) is 0 Å². The molecular formula is C7H6ClN3. The molecule has 1 heterocycles. The van der Waals surface area contributed by atoms with E-state index in [0.717, 1.165) is 10.9 Å². The molecule has 3 nitrogen and oxygen atoms in total. The second-order valence-electron chi connectivity index (χ2n) is 2.28. The predicted octanol–water partition coefficient (Wildman–Crippen LogP) is 1.40. The first-order valence-corrected chi connectivity index (χ1v) is 3.54. The smallest absolute Gasteiger partial charge is 0.0959 e. The summed E-state index contributed by atoms with van der Waals surface area (Å²) in [5.74, 6) is 5.41. The highest BCUT2D eigenvalue weighted by Gasteiger charge is 2.00. The number of hydrogen-bond donors (Lipinski definition) is 1. The number of nitrogens with zero attached hydrogens (tertiary/aromatic N) is 2. The summed E-state index contributed by atoms with van der Waals surface area (Å²) in [6, 6.07) is 5.52. The molecule has 1 aromatic heterocycles. The fourth-order valence-corrected chi connectivity index (χ4v) is 1.24. The van der Waals surface area contributed by atoms with Crippen LogP contribution in [0.25, 0.3) is 10.9 Å². The molecule has 0 saturated heterocycles. The molecule has 0 atom stereocenters. The Labute approximate surface area is 68.3 Å². The van der Waals surface area contributed by atoms with Crippen LogP contribution in [0.2, 0.25) is 5.02 Å². The Morgan fingerprint density at radius 3 is 3.00 bits per heavy atom. The van der Waals surface area contributed by atoms with Crippen molar-refractivity contribution < 1.29 is 0 Å². The molecule has 0 aliphatic rings. The highest BCUT2D eigenvalue weighted by atomic mass is 35.5. The van der Waals surface area contributed by atoms with Gasteiger partial charge in [-0.15, -0.1) is 0 Å². The fourth-order valence-electron chi connectivity index (χ4n) is 1.03. The van der Waals surface area contributed by atoms with E-state index in [1.165, 1.54) is 4.79 Å². The van der Waals surface area contributed by atoms with Gasteiger partial charge in [-0.1, -0.05) is 17.7 Å². The van der Waals surface area contributed by atoms with E-state index in [9.17, 15) is 0 Å². The van der Waals surface area contributed by atoms with Crippen LogP contribution in [0.5, 0.6) is 0 Å². The van der Waals surface area contributed by atoms with Crippen LogP contribution in [0.3, 0.4) is 0 Å². The number of nitrogens with two attached hydrogens (primary N) is 1. The van der Waals surface area contributed by atoms with E-state index in [1.54, 1.807) is 6.20 Å². The minimum absolute atomic E-state index is 0.680. The molecule has 2 N–H and O–H groups in total. The number of rotatable bonds is 0. The molecule has 0 aliphatic heterocycles. The number of halogens is 1. The molecule has 0 amide bonds. The zero-order valence-corrected chi connectivity index (χ0v) is 6.42. The lowest BCUT2D eigenvalue weighted by molar-refractivity contribution is 0.846. The molecule has 1 aromatic carbocycles. The van der Waals surface area contributed by atoms with Crippen LogP contribution in [0.4, 0.5) is 0 Å². The predicted molar refractivity (Wildman–Crippen MR) is 44.9 cm³/mol. The third-order valence-electron chi connectivity index (χ3n) is 1.51. The second-order valence-corrected chi connectivity index (χ2v) is 2.69. The van der Waals surface area contributed by atoms with Crippen LogP contribution in [0.15, 0.2) is 24.4 Å². The molecule has 56 valence electrons. The Morgan fingerprint density at radius 1 is 1.45 bits per heavy atom. The third-order valence-corrected chi connectivity index (χ3v) is 1.84. The average Bonchev–Trinajstić information content (AvgIpc) is 2.31. The van der Waals surface area contributed by atoms with Crippen molar-refractivity contribution in [2.45, 2.75) is 0 Å².